The van der Waals surface area contributed by atoms with Crippen LogP contribution < -0.4 is 11.1 Å². The van der Waals surface area contributed by atoms with Crippen LogP contribution in [0.3, 0.4) is 0 Å². The number of oxime groups is 1. The maximum atomic E-state index is 12.8. The minimum absolute atomic E-state index is 0.0653. The highest BCUT2D eigenvalue weighted by Crippen LogP contribution is 2.36. The molecule has 4 N–H and O–H groups in total. The first kappa shape index (κ1) is 16.8. The zero-order chi connectivity index (χ0) is 15.2. The largest absolute Gasteiger partial charge is 0.409 e. The lowest BCUT2D eigenvalue weighted by Gasteiger charge is -2.33. The normalized spacial score (nSPS) is 21.3. The highest BCUT2D eigenvalue weighted by Gasteiger charge is 2.43. The van der Waals surface area contributed by atoms with E-state index in [0.29, 0.717) is 18.8 Å². The molecule has 1 atom stereocenters. The van der Waals surface area contributed by atoms with Gasteiger partial charge in [0.25, 0.3) is 0 Å². The van der Waals surface area contributed by atoms with E-state index >= 15 is 0 Å². The summed E-state index contributed by atoms with van der Waals surface area (Å²) in [4.78, 5) is 12.8. The molecule has 0 saturated heterocycles. The second-order valence-corrected chi connectivity index (χ2v) is 6.21. The fraction of sp³-hybridized carbons (Fsp3) is 0.867. The van der Waals surface area contributed by atoms with E-state index in [-0.39, 0.29) is 17.8 Å². The van der Waals surface area contributed by atoms with Crippen molar-refractivity contribution in [3.8, 4) is 0 Å². The molecule has 1 aliphatic carbocycles. The standard InChI is InChI=1S/C15H29N3O2/c1-4-12(11(2)3)17-14(19)15(13(16)18-20)9-7-5-6-8-10-15/h11-12,20H,4-10H2,1-3H3,(H2,16,18)(H,17,19). The minimum atomic E-state index is -0.826. The van der Waals surface area contributed by atoms with Crippen molar-refractivity contribution in [2.24, 2.45) is 22.2 Å². The van der Waals surface area contributed by atoms with Crippen LogP contribution in [-0.4, -0.2) is 23.0 Å². The molecule has 0 aliphatic heterocycles. The lowest BCUT2D eigenvalue weighted by atomic mass is 9.77. The minimum Gasteiger partial charge on any atom is -0.409 e. The number of rotatable bonds is 5. The van der Waals surface area contributed by atoms with Gasteiger partial charge in [0, 0.05) is 6.04 Å². The Morgan fingerprint density at radius 1 is 1.30 bits per heavy atom. The number of nitrogens with one attached hydrogen (secondary N) is 1. The third kappa shape index (κ3) is 3.64. The molecule has 1 unspecified atom stereocenters. The molecular weight excluding hydrogens is 254 g/mol. The monoisotopic (exact) mass is 283 g/mol. The van der Waals surface area contributed by atoms with Crippen LogP contribution in [0, 0.1) is 11.3 Å². The fourth-order valence-electron chi connectivity index (χ4n) is 3.07. The average molecular weight is 283 g/mol. The summed E-state index contributed by atoms with van der Waals surface area (Å²) < 4.78 is 0. The molecule has 20 heavy (non-hydrogen) atoms. The van der Waals surface area contributed by atoms with Crippen molar-refractivity contribution >= 4 is 11.7 Å². The van der Waals surface area contributed by atoms with Crippen molar-refractivity contribution in [3.05, 3.63) is 0 Å². The van der Waals surface area contributed by atoms with E-state index in [2.05, 4.69) is 31.2 Å². The van der Waals surface area contributed by atoms with Gasteiger partial charge in [-0.1, -0.05) is 51.6 Å². The first-order chi connectivity index (χ1) is 9.47. The fourth-order valence-corrected chi connectivity index (χ4v) is 3.07. The summed E-state index contributed by atoms with van der Waals surface area (Å²) in [6, 6.07) is 0.133. The van der Waals surface area contributed by atoms with Gasteiger partial charge in [-0.2, -0.15) is 0 Å². The van der Waals surface area contributed by atoms with Crippen molar-refractivity contribution in [3.63, 3.8) is 0 Å². The predicted molar refractivity (Wildman–Crippen MR) is 80.6 cm³/mol. The van der Waals surface area contributed by atoms with Crippen molar-refractivity contribution in [2.45, 2.75) is 71.8 Å². The van der Waals surface area contributed by atoms with E-state index in [1.807, 2.05) is 0 Å². The van der Waals surface area contributed by atoms with Gasteiger partial charge in [-0.05, 0) is 25.2 Å². The van der Waals surface area contributed by atoms with Crippen molar-refractivity contribution in [1.82, 2.24) is 5.32 Å². The number of hydrogen-bond donors (Lipinski definition) is 3. The van der Waals surface area contributed by atoms with E-state index in [4.69, 9.17) is 10.9 Å². The van der Waals surface area contributed by atoms with Gasteiger partial charge in [0.1, 0.15) is 5.41 Å². The number of amides is 1. The molecule has 1 saturated carbocycles. The molecule has 1 fully saturated rings. The Morgan fingerprint density at radius 3 is 2.25 bits per heavy atom. The van der Waals surface area contributed by atoms with Gasteiger partial charge in [0.05, 0.1) is 0 Å². The van der Waals surface area contributed by atoms with Crippen molar-refractivity contribution in [2.75, 3.05) is 0 Å². The molecule has 5 heteroatoms. The summed E-state index contributed by atoms with van der Waals surface area (Å²) in [7, 11) is 0. The zero-order valence-electron chi connectivity index (χ0n) is 13.0. The highest BCUT2D eigenvalue weighted by molar-refractivity contribution is 6.06. The lowest BCUT2D eigenvalue weighted by Crippen LogP contribution is -2.53. The first-order valence-corrected chi connectivity index (χ1v) is 7.77. The maximum absolute atomic E-state index is 12.8. The number of carbonyl (C=O) groups excluding carboxylic acids is 1. The van der Waals surface area contributed by atoms with Gasteiger partial charge >= 0.3 is 0 Å². The third-order valence-electron chi connectivity index (χ3n) is 4.55. The van der Waals surface area contributed by atoms with Gasteiger partial charge < -0.3 is 16.3 Å². The van der Waals surface area contributed by atoms with Gasteiger partial charge in [-0.15, -0.1) is 0 Å². The van der Waals surface area contributed by atoms with E-state index in [1.165, 1.54) is 0 Å². The Labute approximate surface area is 122 Å². The van der Waals surface area contributed by atoms with Gasteiger partial charge in [0.2, 0.25) is 5.91 Å². The Balaban J connectivity index is 2.95. The van der Waals surface area contributed by atoms with Crippen LogP contribution in [-0.2, 0) is 4.79 Å². The molecule has 0 radical (unpaired) electrons. The predicted octanol–water partition coefficient (Wildman–Crippen LogP) is 2.62. The number of nitrogens with zero attached hydrogens (tertiary/aromatic N) is 1. The van der Waals surface area contributed by atoms with Crippen LogP contribution >= 0.6 is 0 Å². The van der Waals surface area contributed by atoms with Crippen LogP contribution in [0.1, 0.15) is 65.7 Å². The number of carbonyl (C=O) groups is 1. The Kier molecular flexibility index (Phi) is 6.30. The Bertz CT molecular complexity index is 345. The average Bonchev–Trinajstić information content (AvgIpc) is 2.69. The summed E-state index contributed by atoms with van der Waals surface area (Å²) in [5.74, 6) is 0.366. The van der Waals surface area contributed by atoms with E-state index in [1.54, 1.807) is 0 Å². The summed E-state index contributed by atoms with van der Waals surface area (Å²) in [5.41, 5.74) is 5.06. The van der Waals surface area contributed by atoms with Gasteiger partial charge in [-0.25, -0.2) is 0 Å². The summed E-state index contributed by atoms with van der Waals surface area (Å²) >= 11 is 0. The molecule has 1 amide bonds. The third-order valence-corrected chi connectivity index (χ3v) is 4.55. The molecule has 0 aromatic rings. The molecule has 0 aromatic heterocycles. The molecule has 1 rings (SSSR count). The Hall–Kier alpha value is -1.26. The quantitative estimate of drug-likeness (QED) is 0.238. The maximum Gasteiger partial charge on any atom is 0.234 e. The number of hydrogen-bond acceptors (Lipinski definition) is 3. The van der Waals surface area contributed by atoms with Crippen LogP contribution in [0.2, 0.25) is 0 Å². The first-order valence-electron chi connectivity index (χ1n) is 7.77. The molecular formula is C15H29N3O2. The summed E-state index contributed by atoms with van der Waals surface area (Å²) in [6.07, 6.45) is 6.33. The Morgan fingerprint density at radius 2 is 1.85 bits per heavy atom. The molecule has 116 valence electrons. The molecule has 0 bridgehead atoms. The lowest BCUT2D eigenvalue weighted by molar-refractivity contribution is -0.129. The van der Waals surface area contributed by atoms with Crippen LogP contribution in [0.25, 0.3) is 0 Å². The topological polar surface area (TPSA) is 87.7 Å². The molecule has 0 spiro atoms. The van der Waals surface area contributed by atoms with Gasteiger partial charge in [-0.3, -0.25) is 4.79 Å². The SMILES string of the molecule is CCC(NC(=O)C1(C(N)=NO)CCCCCC1)C(C)C. The zero-order valence-corrected chi connectivity index (χ0v) is 13.0. The smallest absolute Gasteiger partial charge is 0.234 e. The van der Waals surface area contributed by atoms with E-state index in [0.717, 1.165) is 32.1 Å². The highest BCUT2D eigenvalue weighted by atomic mass is 16.4. The number of nitrogens with two attached hydrogens (primary N) is 1. The van der Waals surface area contributed by atoms with Crippen LogP contribution in [0.15, 0.2) is 5.16 Å². The van der Waals surface area contributed by atoms with Crippen LogP contribution in [0.5, 0.6) is 0 Å². The second-order valence-electron chi connectivity index (χ2n) is 6.21. The summed E-state index contributed by atoms with van der Waals surface area (Å²) in [5, 5.41) is 15.3. The van der Waals surface area contributed by atoms with E-state index < -0.39 is 5.41 Å². The van der Waals surface area contributed by atoms with Gasteiger partial charge in [0.15, 0.2) is 5.84 Å². The summed E-state index contributed by atoms with van der Waals surface area (Å²) in [6.45, 7) is 6.25. The number of amidine groups is 1. The van der Waals surface area contributed by atoms with Crippen molar-refractivity contribution in [1.29, 1.82) is 0 Å². The molecule has 0 heterocycles. The van der Waals surface area contributed by atoms with E-state index in [9.17, 15) is 4.79 Å². The second kappa shape index (κ2) is 7.50. The molecule has 1 aliphatic rings. The molecule has 5 nitrogen and oxygen atoms in total. The van der Waals surface area contributed by atoms with Crippen LogP contribution in [0.4, 0.5) is 0 Å². The molecule has 0 aromatic carbocycles. The van der Waals surface area contributed by atoms with Crippen molar-refractivity contribution < 1.29 is 10.0 Å².